The maximum absolute atomic E-state index is 11.5. The molecule has 2 aromatic rings. The topological polar surface area (TPSA) is 51.2 Å². The number of carbonyl (C=O) groups excluding carboxylic acids is 1. The molecule has 0 bridgehead atoms. The van der Waals surface area contributed by atoms with E-state index in [4.69, 9.17) is 4.74 Å². The van der Waals surface area contributed by atoms with Crippen LogP contribution in [0.25, 0.3) is 0 Å². The van der Waals surface area contributed by atoms with Gasteiger partial charge in [-0.15, -0.1) is 0 Å². The van der Waals surface area contributed by atoms with Crippen LogP contribution < -0.4 is 5.32 Å². The Hall–Kier alpha value is -1.88. The fraction of sp³-hybridized carbons (Fsp3) is 0.200. The number of pyridine rings is 1. The number of halogens is 1. The molecule has 104 valence electrons. The van der Waals surface area contributed by atoms with Crippen LogP contribution >= 0.6 is 15.9 Å². The maximum Gasteiger partial charge on any atom is 0.337 e. The lowest BCUT2D eigenvalue weighted by atomic mass is 10.1. The van der Waals surface area contributed by atoms with Crippen molar-refractivity contribution in [1.29, 1.82) is 0 Å². The van der Waals surface area contributed by atoms with Crippen LogP contribution in [0.5, 0.6) is 0 Å². The van der Waals surface area contributed by atoms with Gasteiger partial charge >= 0.3 is 5.97 Å². The van der Waals surface area contributed by atoms with E-state index in [1.54, 1.807) is 24.5 Å². The average molecular weight is 335 g/mol. The molecule has 0 aliphatic heterocycles. The van der Waals surface area contributed by atoms with Gasteiger partial charge in [0.1, 0.15) is 0 Å². The lowest BCUT2D eigenvalue weighted by Crippen LogP contribution is -2.05. The van der Waals surface area contributed by atoms with Crippen molar-refractivity contribution in [3.05, 3.63) is 57.8 Å². The second-order valence-corrected chi connectivity index (χ2v) is 5.30. The molecule has 0 radical (unpaired) electrons. The number of carbonyl (C=O) groups is 1. The summed E-state index contributed by atoms with van der Waals surface area (Å²) in [6, 6.07) is 7.45. The Morgan fingerprint density at radius 2 is 2.15 bits per heavy atom. The van der Waals surface area contributed by atoms with E-state index in [0.29, 0.717) is 12.1 Å². The lowest BCUT2D eigenvalue weighted by Gasteiger charge is -2.11. The van der Waals surface area contributed by atoms with Crippen LogP contribution in [-0.2, 0) is 11.3 Å². The third-order valence-corrected chi connectivity index (χ3v) is 3.34. The van der Waals surface area contributed by atoms with Gasteiger partial charge in [-0.3, -0.25) is 4.98 Å². The first-order chi connectivity index (χ1) is 9.60. The molecule has 0 saturated carbocycles. The zero-order valence-electron chi connectivity index (χ0n) is 11.3. The highest BCUT2D eigenvalue weighted by Crippen LogP contribution is 2.19. The van der Waals surface area contributed by atoms with Gasteiger partial charge in [-0.2, -0.15) is 0 Å². The normalized spacial score (nSPS) is 10.2. The smallest absolute Gasteiger partial charge is 0.337 e. The molecule has 4 nitrogen and oxygen atoms in total. The summed E-state index contributed by atoms with van der Waals surface area (Å²) in [6.07, 6.45) is 3.55. The minimum atomic E-state index is -0.336. The minimum absolute atomic E-state index is 0.336. The Kier molecular flexibility index (Phi) is 4.74. The molecule has 2 rings (SSSR count). The second-order valence-electron chi connectivity index (χ2n) is 4.39. The first-order valence-corrected chi connectivity index (χ1v) is 6.91. The molecule has 20 heavy (non-hydrogen) atoms. The summed E-state index contributed by atoms with van der Waals surface area (Å²) < 4.78 is 5.67. The fourth-order valence-corrected chi connectivity index (χ4v) is 2.22. The number of nitrogens with zero attached hydrogens (tertiary/aromatic N) is 1. The first-order valence-electron chi connectivity index (χ1n) is 6.12. The monoisotopic (exact) mass is 334 g/mol. The Balaban J connectivity index is 2.14. The van der Waals surface area contributed by atoms with Gasteiger partial charge < -0.3 is 10.1 Å². The van der Waals surface area contributed by atoms with Crippen molar-refractivity contribution in [2.45, 2.75) is 13.5 Å². The van der Waals surface area contributed by atoms with E-state index in [1.165, 1.54) is 7.11 Å². The molecule has 0 spiro atoms. The molecule has 1 aromatic heterocycles. The summed E-state index contributed by atoms with van der Waals surface area (Å²) in [6.45, 7) is 2.63. The summed E-state index contributed by atoms with van der Waals surface area (Å²) in [7, 11) is 1.38. The molecule has 0 fully saturated rings. The van der Waals surface area contributed by atoms with Gasteiger partial charge in [-0.1, -0.05) is 6.07 Å². The highest BCUT2D eigenvalue weighted by Gasteiger charge is 2.08. The van der Waals surface area contributed by atoms with Crippen LogP contribution in [-0.4, -0.2) is 18.1 Å². The zero-order valence-corrected chi connectivity index (χ0v) is 12.9. The number of aryl methyl sites for hydroxylation is 1. The molecule has 0 saturated heterocycles. The number of ether oxygens (including phenoxy) is 1. The van der Waals surface area contributed by atoms with Crippen LogP contribution in [0.4, 0.5) is 5.69 Å². The van der Waals surface area contributed by atoms with Crippen molar-refractivity contribution in [3.8, 4) is 0 Å². The number of nitrogens with one attached hydrogen (secondary N) is 1. The van der Waals surface area contributed by atoms with Crippen molar-refractivity contribution in [1.82, 2.24) is 4.98 Å². The number of esters is 1. The standard InChI is InChI=1S/C15H15BrN2O2/c1-10-3-4-12(15(19)20-2)6-14(10)18-8-11-5-13(16)9-17-7-11/h3-7,9,18H,8H2,1-2H3. The van der Waals surface area contributed by atoms with E-state index in [9.17, 15) is 4.79 Å². The van der Waals surface area contributed by atoms with Gasteiger partial charge in [-0.25, -0.2) is 4.79 Å². The molecular formula is C15H15BrN2O2. The van der Waals surface area contributed by atoms with Gasteiger partial charge in [0.05, 0.1) is 12.7 Å². The number of hydrogen-bond acceptors (Lipinski definition) is 4. The van der Waals surface area contributed by atoms with Crippen LogP contribution in [0.15, 0.2) is 41.1 Å². The predicted molar refractivity (Wildman–Crippen MR) is 81.8 cm³/mol. The molecule has 0 aliphatic carbocycles. The van der Waals surface area contributed by atoms with Gasteiger partial charge in [0.25, 0.3) is 0 Å². The number of hydrogen-bond donors (Lipinski definition) is 1. The zero-order chi connectivity index (χ0) is 14.5. The van der Waals surface area contributed by atoms with Crippen molar-refractivity contribution >= 4 is 27.6 Å². The molecule has 0 amide bonds. The second kappa shape index (κ2) is 6.52. The highest BCUT2D eigenvalue weighted by atomic mass is 79.9. The number of methoxy groups -OCH3 is 1. The van der Waals surface area contributed by atoms with E-state index in [2.05, 4.69) is 26.2 Å². The van der Waals surface area contributed by atoms with E-state index in [-0.39, 0.29) is 5.97 Å². The van der Waals surface area contributed by atoms with Gasteiger partial charge in [0.2, 0.25) is 0 Å². The maximum atomic E-state index is 11.5. The number of benzene rings is 1. The van der Waals surface area contributed by atoms with E-state index < -0.39 is 0 Å². The molecule has 1 heterocycles. The lowest BCUT2D eigenvalue weighted by molar-refractivity contribution is 0.0601. The average Bonchev–Trinajstić information content (AvgIpc) is 2.45. The molecule has 0 atom stereocenters. The van der Waals surface area contributed by atoms with Gasteiger partial charge in [0.15, 0.2) is 0 Å². The van der Waals surface area contributed by atoms with E-state index in [1.807, 2.05) is 19.1 Å². The van der Waals surface area contributed by atoms with Crippen molar-refractivity contribution in [2.75, 3.05) is 12.4 Å². The van der Waals surface area contributed by atoms with E-state index >= 15 is 0 Å². The van der Waals surface area contributed by atoms with Crippen LogP contribution in [0.1, 0.15) is 21.5 Å². The highest BCUT2D eigenvalue weighted by molar-refractivity contribution is 9.10. The Bertz CT molecular complexity index is 629. The number of aromatic nitrogens is 1. The Morgan fingerprint density at radius 1 is 1.35 bits per heavy atom. The quantitative estimate of drug-likeness (QED) is 0.868. The van der Waals surface area contributed by atoms with Crippen molar-refractivity contribution in [3.63, 3.8) is 0 Å². The van der Waals surface area contributed by atoms with E-state index in [0.717, 1.165) is 21.3 Å². The molecular weight excluding hydrogens is 320 g/mol. The first kappa shape index (κ1) is 14.5. The molecule has 5 heteroatoms. The summed E-state index contributed by atoms with van der Waals surface area (Å²) >= 11 is 3.39. The third kappa shape index (κ3) is 3.57. The largest absolute Gasteiger partial charge is 0.465 e. The summed E-state index contributed by atoms with van der Waals surface area (Å²) in [5.41, 5.74) is 3.57. The minimum Gasteiger partial charge on any atom is -0.465 e. The molecule has 1 aromatic carbocycles. The molecule has 0 aliphatic rings. The van der Waals surface area contributed by atoms with Gasteiger partial charge in [0, 0.05) is 29.1 Å². The summed E-state index contributed by atoms with van der Waals surface area (Å²) in [4.78, 5) is 15.6. The number of rotatable bonds is 4. The fourth-order valence-electron chi connectivity index (χ4n) is 1.81. The Morgan fingerprint density at radius 3 is 2.85 bits per heavy atom. The van der Waals surface area contributed by atoms with Crippen molar-refractivity contribution in [2.24, 2.45) is 0 Å². The van der Waals surface area contributed by atoms with Crippen LogP contribution in [0.3, 0.4) is 0 Å². The number of anilines is 1. The van der Waals surface area contributed by atoms with Crippen LogP contribution in [0.2, 0.25) is 0 Å². The Labute approximate surface area is 126 Å². The predicted octanol–water partition coefficient (Wildman–Crippen LogP) is 3.55. The summed E-state index contributed by atoms with van der Waals surface area (Å²) in [5.74, 6) is -0.336. The van der Waals surface area contributed by atoms with Crippen LogP contribution in [0, 0.1) is 6.92 Å². The molecule has 0 unspecified atom stereocenters. The SMILES string of the molecule is COC(=O)c1ccc(C)c(NCc2cncc(Br)c2)c1. The molecule has 1 N–H and O–H groups in total. The van der Waals surface area contributed by atoms with Gasteiger partial charge in [-0.05, 0) is 52.2 Å². The summed E-state index contributed by atoms with van der Waals surface area (Å²) in [5, 5.41) is 3.31. The third-order valence-electron chi connectivity index (χ3n) is 2.90. The van der Waals surface area contributed by atoms with Crippen molar-refractivity contribution < 1.29 is 9.53 Å².